The lowest BCUT2D eigenvalue weighted by Gasteiger charge is -2.30. The smallest absolute Gasteiger partial charge is 0.224 e. The van der Waals surface area contributed by atoms with Gasteiger partial charge in [-0.05, 0) is 18.9 Å². The Kier molecular flexibility index (Phi) is 4.11. The maximum atomic E-state index is 9.46. The molecule has 2 rings (SSSR count). The Morgan fingerprint density at radius 2 is 2.24 bits per heavy atom. The van der Waals surface area contributed by atoms with Gasteiger partial charge in [0.05, 0.1) is 6.10 Å². The molecule has 0 amide bonds. The van der Waals surface area contributed by atoms with E-state index in [1.54, 1.807) is 6.20 Å². The Balaban J connectivity index is 2.00. The van der Waals surface area contributed by atoms with Crippen molar-refractivity contribution in [3.05, 3.63) is 12.3 Å². The van der Waals surface area contributed by atoms with E-state index >= 15 is 0 Å². The first kappa shape index (κ1) is 12.1. The monoisotopic (exact) mass is 237 g/mol. The van der Waals surface area contributed by atoms with Crippen molar-refractivity contribution in [1.82, 2.24) is 9.97 Å². The van der Waals surface area contributed by atoms with Crippen molar-refractivity contribution in [1.29, 1.82) is 0 Å². The molecule has 17 heavy (non-hydrogen) atoms. The second-order valence-electron chi connectivity index (χ2n) is 4.17. The third-order valence-electron chi connectivity index (χ3n) is 2.86. The maximum absolute atomic E-state index is 9.46. The minimum Gasteiger partial charge on any atom is -0.393 e. The Labute approximate surface area is 101 Å². The Hall–Kier alpha value is -1.40. The number of nitrogens with one attached hydrogen (secondary N) is 1. The average Bonchev–Trinajstić information content (AvgIpc) is 2.37. The molecule has 0 radical (unpaired) electrons. The van der Waals surface area contributed by atoms with Crippen LogP contribution >= 0.6 is 0 Å². The number of nitrogens with two attached hydrogens (primary N) is 1. The molecule has 94 valence electrons. The molecule has 6 nitrogen and oxygen atoms in total. The van der Waals surface area contributed by atoms with Crippen LogP contribution in [0, 0.1) is 0 Å². The fraction of sp³-hybridized carbons (Fsp3) is 0.636. The summed E-state index contributed by atoms with van der Waals surface area (Å²) in [6.07, 6.45) is 3.18. The fourth-order valence-corrected chi connectivity index (χ4v) is 1.89. The number of anilines is 2. The number of aliphatic hydroxyl groups is 1. The molecule has 0 spiro atoms. The predicted octanol–water partition coefficient (Wildman–Crippen LogP) is -0.192. The second-order valence-corrected chi connectivity index (χ2v) is 4.17. The summed E-state index contributed by atoms with van der Waals surface area (Å²) in [6.45, 7) is 2.91. The first-order chi connectivity index (χ1) is 8.29. The van der Waals surface area contributed by atoms with Gasteiger partial charge in [0.15, 0.2) is 0 Å². The van der Waals surface area contributed by atoms with Crippen LogP contribution in [0.5, 0.6) is 0 Å². The van der Waals surface area contributed by atoms with Crippen LogP contribution in [0.3, 0.4) is 0 Å². The van der Waals surface area contributed by atoms with Gasteiger partial charge in [-0.2, -0.15) is 4.98 Å². The molecule has 1 fully saturated rings. The third-order valence-corrected chi connectivity index (χ3v) is 2.86. The van der Waals surface area contributed by atoms with Crippen molar-refractivity contribution >= 4 is 11.8 Å². The summed E-state index contributed by atoms with van der Waals surface area (Å²) in [5.41, 5.74) is 5.42. The SMILES string of the molecule is NCCNc1nccc(N2CCC(O)CC2)n1. The van der Waals surface area contributed by atoms with E-state index in [0.29, 0.717) is 19.0 Å². The van der Waals surface area contributed by atoms with Crippen molar-refractivity contribution in [2.45, 2.75) is 18.9 Å². The van der Waals surface area contributed by atoms with Gasteiger partial charge in [-0.15, -0.1) is 0 Å². The van der Waals surface area contributed by atoms with Crippen LogP contribution in [0.2, 0.25) is 0 Å². The molecular weight excluding hydrogens is 218 g/mol. The molecule has 2 heterocycles. The number of aliphatic hydroxyl groups excluding tert-OH is 1. The average molecular weight is 237 g/mol. The zero-order chi connectivity index (χ0) is 12.1. The summed E-state index contributed by atoms with van der Waals surface area (Å²) >= 11 is 0. The molecule has 1 aromatic rings. The van der Waals surface area contributed by atoms with Gasteiger partial charge in [0, 0.05) is 32.4 Å². The summed E-state index contributed by atoms with van der Waals surface area (Å²) < 4.78 is 0. The summed E-state index contributed by atoms with van der Waals surface area (Å²) in [7, 11) is 0. The van der Waals surface area contributed by atoms with E-state index in [1.807, 2.05) is 6.07 Å². The van der Waals surface area contributed by atoms with Crippen molar-refractivity contribution in [3.63, 3.8) is 0 Å². The Bertz CT molecular complexity index is 351. The molecule has 1 saturated heterocycles. The molecule has 0 saturated carbocycles. The van der Waals surface area contributed by atoms with E-state index in [1.165, 1.54) is 0 Å². The van der Waals surface area contributed by atoms with Gasteiger partial charge in [0.2, 0.25) is 5.95 Å². The van der Waals surface area contributed by atoms with Crippen LogP contribution < -0.4 is 16.0 Å². The van der Waals surface area contributed by atoms with Gasteiger partial charge >= 0.3 is 0 Å². The molecule has 0 bridgehead atoms. The quantitative estimate of drug-likeness (QED) is 0.672. The normalized spacial score (nSPS) is 17.2. The van der Waals surface area contributed by atoms with Crippen LogP contribution in [0.4, 0.5) is 11.8 Å². The van der Waals surface area contributed by atoms with Gasteiger partial charge in [0.25, 0.3) is 0 Å². The van der Waals surface area contributed by atoms with E-state index in [0.717, 1.165) is 31.7 Å². The predicted molar refractivity (Wildman–Crippen MR) is 67.0 cm³/mol. The van der Waals surface area contributed by atoms with E-state index < -0.39 is 0 Å². The molecule has 1 aliphatic heterocycles. The molecule has 1 aliphatic rings. The topological polar surface area (TPSA) is 87.3 Å². The minimum atomic E-state index is -0.164. The zero-order valence-corrected chi connectivity index (χ0v) is 9.84. The van der Waals surface area contributed by atoms with Crippen molar-refractivity contribution in [3.8, 4) is 0 Å². The highest BCUT2D eigenvalue weighted by atomic mass is 16.3. The lowest BCUT2D eigenvalue weighted by atomic mass is 10.1. The zero-order valence-electron chi connectivity index (χ0n) is 9.84. The lowest BCUT2D eigenvalue weighted by molar-refractivity contribution is 0.145. The Morgan fingerprint density at radius 3 is 2.94 bits per heavy atom. The molecule has 6 heteroatoms. The number of hydrogen-bond donors (Lipinski definition) is 3. The van der Waals surface area contributed by atoms with Gasteiger partial charge in [-0.3, -0.25) is 0 Å². The highest BCUT2D eigenvalue weighted by Gasteiger charge is 2.18. The summed E-state index contributed by atoms with van der Waals surface area (Å²) in [5, 5.41) is 12.5. The number of nitrogens with zero attached hydrogens (tertiary/aromatic N) is 3. The first-order valence-electron chi connectivity index (χ1n) is 5.99. The number of hydrogen-bond acceptors (Lipinski definition) is 6. The van der Waals surface area contributed by atoms with Gasteiger partial charge in [-0.25, -0.2) is 4.98 Å². The van der Waals surface area contributed by atoms with Crippen LogP contribution in [0.1, 0.15) is 12.8 Å². The largest absolute Gasteiger partial charge is 0.393 e. The molecule has 4 N–H and O–H groups in total. The second kappa shape index (κ2) is 5.79. The van der Waals surface area contributed by atoms with E-state index in [2.05, 4.69) is 20.2 Å². The maximum Gasteiger partial charge on any atom is 0.224 e. The fourth-order valence-electron chi connectivity index (χ4n) is 1.89. The van der Waals surface area contributed by atoms with Crippen molar-refractivity contribution < 1.29 is 5.11 Å². The van der Waals surface area contributed by atoms with Crippen LogP contribution in [-0.4, -0.2) is 47.4 Å². The van der Waals surface area contributed by atoms with Gasteiger partial charge < -0.3 is 21.1 Å². The lowest BCUT2D eigenvalue weighted by Crippen LogP contribution is -2.36. The molecule has 0 unspecified atom stereocenters. The van der Waals surface area contributed by atoms with E-state index in [-0.39, 0.29) is 6.10 Å². The van der Waals surface area contributed by atoms with Crippen molar-refractivity contribution in [2.24, 2.45) is 5.73 Å². The molecular formula is C11H19N5O. The van der Waals surface area contributed by atoms with Crippen LogP contribution in [-0.2, 0) is 0 Å². The van der Waals surface area contributed by atoms with Crippen LogP contribution in [0.25, 0.3) is 0 Å². The third kappa shape index (κ3) is 3.28. The van der Waals surface area contributed by atoms with Gasteiger partial charge in [0.1, 0.15) is 5.82 Å². The number of aromatic nitrogens is 2. The molecule has 0 aliphatic carbocycles. The van der Waals surface area contributed by atoms with E-state index in [4.69, 9.17) is 5.73 Å². The summed E-state index contributed by atoms with van der Waals surface area (Å²) in [4.78, 5) is 10.7. The molecule has 1 aromatic heterocycles. The minimum absolute atomic E-state index is 0.164. The number of piperidine rings is 1. The van der Waals surface area contributed by atoms with Crippen molar-refractivity contribution in [2.75, 3.05) is 36.4 Å². The highest BCUT2D eigenvalue weighted by Crippen LogP contribution is 2.18. The van der Waals surface area contributed by atoms with Crippen LogP contribution in [0.15, 0.2) is 12.3 Å². The standard InChI is InChI=1S/C11H19N5O/c12-4-6-14-11-13-5-1-10(15-11)16-7-2-9(17)3-8-16/h1,5,9,17H,2-4,6-8,12H2,(H,13,14,15). The van der Waals surface area contributed by atoms with E-state index in [9.17, 15) is 5.11 Å². The highest BCUT2D eigenvalue weighted by molar-refractivity contribution is 5.42. The molecule has 0 atom stereocenters. The Morgan fingerprint density at radius 1 is 1.47 bits per heavy atom. The number of rotatable bonds is 4. The van der Waals surface area contributed by atoms with Gasteiger partial charge in [-0.1, -0.05) is 0 Å². The summed E-state index contributed by atoms with van der Waals surface area (Å²) in [6, 6.07) is 1.89. The summed E-state index contributed by atoms with van der Waals surface area (Å²) in [5.74, 6) is 1.52. The molecule has 0 aromatic carbocycles. The first-order valence-corrected chi connectivity index (χ1v) is 5.99.